The molecule has 0 aliphatic carbocycles. The summed E-state index contributed by atoms with van der Waals surface area (Å²) in [4.78, 5) is 17.3. The first kappa shape index (κ1) is 16.5. The van der Waals surface area contributed by atoms with Crippen molar-refractivity contribution < 1.29 is 4.79 Å². The molecule has 26 heavy (non-hydrogen) atoms. The van der Waals surface area contributed by atoms with Gasteiger partial charge in [-0.25, -0.2) is 4.98 Å². The van der Waals surface area contributed by atoms with Crippen LogP contribution in [-0.2, 0) is 13.0 Å². The van der Waals surface area contributed by atoms with Crippen LogP contribution in [0, 0.1) is 0 Å². The molecule has 4 rings (SSSR count). The highest BCUT2D eigenvalue weighted by atomic mass is 16.2. The van der Waals surface area contributed by atoms with Crippen LogP contribution in [0.4, 0.5) is 5.69 Å². The minimum atomic E-state index is -0.238. The SMILES string of the molecule is CC(C)c1nc(-c2ccccc2NC(=O)c2n[nH]c3c2CNCC3)n[nH]1. The molecule has 2 aromatic heterocycles. The quantitative estimate of drug-likeness (QED) is 0.576. The summed E-state index contributed by atoms with van der Waals surface area (Å²) in [5.74, 6) is 1.39. The highest BCUT2D eigenvalue weighted by molar-refractivity contribution is 6.05. The number of nitrogens with one attached hydrogen (secondary N) is 4. The third-order valence-electron chi connectivity index (χ3n) is 4.49. The van der Waals surface area contributed by atoms with Gasteiger partial charge in [0, 0.05) is 42.2 Å². The van der Waals surface area contributed by atoms with Gasteiger partial charge >= 0.3 is 0 Å². The molecule has 0 bridgehead atoms. The van der Waals surface area contributed by atoms with E-state index in [1.165, 1.54) is 0 Å². The number of carbonyl (C=O) groups is 1. The Kier molecular flexibility index (Phi) is 4.26. The summed E-state index contributed by atoms with van der Waals surface area (Å²) in [6.45, 7) is 5.64. The zero-order valence-corrected chi connectivity index (χ0v) is 14.8. The molecule has 0 saturated heterocycles. The van der Waals surface area contributed by atoms with Crippen LogP contribution in [0.3, 0.4) is 0 Å². The molecule has 0 unspecified atom stereocenters. The van der Waals surface area contributed by atoms with Gasteiger partial charge in [-0.3, -0.25) is 15.0 Å². The van der Waals surface area contributed by atoms with E-state index >= 15 is 0 Å². The Bertz CT molecular complexity index is 941. The van der Waals surface area contributed by atoms with Gasteiger partial charge in [0.25, 0.3) is 5.91 Å². The second kappa shape index (κ2) is 6.72. The highest BCUT2D eigenvalue weighted by Gasteiger charge is 2.22. The van der Waals surface area contributed by atoms with Crippen LogP contribution < -0.4 is 10.6 Å². The van der Waals surface area contributed by atoms with Crippen LogP contribution >= 0.6 is 0 Å². The predicted octanol–water partition coefficient (Wildman–Crippen LogP) is 2.22. The number of carbonyl (C=O) groups excluding carboxylic acids is 1. The van der Waals surface area contributed by atoms with E-state index in [1.807, 2.05) is 38.1 Å². The lowest BCUT2D eigenvalue weighted by Crippen LogP contribution is -2.25. The summed E-state index contributed by atoms with van der Waals surface area (Å²) in [6.07, 6.45) is 0.849. The van der Waals surface area contributed by atoms with E-state index in [2.05, 4.69) is 36.0 Å². The normalized spacial score (nSPS) is 13.7. The lowest BCUT2D eigenvalue weighted by atomic mass is 10.1. The molecule has 4 N–H and O–H groups in total. The number of para-hydroxylation sites is 1. The number of amides is 1. The van der Waals surface area contributed by atoms with Crippen LogP contribution in [0.2, 0.25) is 0 Å². The van der Waals surface area contributed by atoms with E-state index < -0.39 is 0 Å². The number of nitrogens with zero attached hydrogens (tertiary/aromatic N) is 3. The van der Waals surface area contributed by atoms with Gasteiger partial charge in [0.05, 0.1) is 5.69 Å². The van der Waals surface area contributed by atoms with Crippen LogP contribution in [0.1, 0.15) is 47.3 Å². The average molecular weight is 351 g/mol. The monoisotopic (exact) mass is 351 g/mol. The number of H-pyrrole nitrogens is 2. The topological polar surface area (TPSA) is 111 Å². The van der Waals surface area contributed by atoms with Gasteiger partial charge in [-0.1, -0.05) is 26.0 Å². The van der Waals surface area contributed by atoms with E-state index in [0.29, 0.717) is 23.8 Å². The molecule has 8 heteroatoms. The third-order valence-corrected chi connectivity index (χ3v) is 4.49. The van der Waals surface area contributed by atoms with Gasteiger partial charge in [0.1, 0.15) is 5.82 Å². The van der Waals surface area contributed by atoms with Crippen molar-refractivity contribution in [3.8, 4) is 11.4 Å². The van der Waals surface area contributed by atoms with E-state index in [9.17, 15) is 4.79 Å². The summed E-state index contributed by atoms with van der Waals surface area (Å²) in [6, 6.07) is 7.51. The maximum atomic E-state index is 12.8. The first-order valence-electron chi connectivity index (χ1n) is 8.73. The number of aromatic nitrogens is 5. The third kappa shape index (κ3) is 2.99. The molecule has 1 aliphatic heterocycles. The van der Waals surface area contributed by atoms with Crippen molar-refractivity contribution >= 4 is 11.6 Å². The number of hydrogen-bond acceptors (Lipinski definition) is 5. The standard InChI is InChI=1S/C18H21N7O/c1-10(2)16-21-17(25-24-16)11-5-3-4-6-13(11)20-18(26)15-12-9-19-8-7-14(12)22-23-15/h3-6,10,19H,7-9H2,1-2H3,(H,20,26)(H,22,23)(H,21,24,25). The number of rotatable bonds is 4. The van der Waals surface area contributed by atoms with Gasteiger partial charge < -0.3 is 10.6 Å². The predicted molar refractivity (Wildman–Crippen MR) is 97.9 cm³/mol. The second-order valence-electron chi connectivity index (χ2n) is 6.65. The fourth-order valence-corrected chi connectivity index (χ4v) is 3.03. The summed E-state index contributed by atoms with van der Waals surface area (Å²) in [5, 5.41) is 20.7. The largest absolute Gasteiger partial charge is 0.320 e. The Morgan fingerprint density at radius 1 is 1.19 bits per heavy atom. The van der Waals surface area contributed by atoms with Crippen molar-refractivity contribution in [2.75, 3.05) is 11.9 Å². The molecular formula is C18H21N7O. The first-order valence-corrected chi connectivity index (χ1v) is 8.73. The van der Waals surface area contributed by atoms with Crippen molar-refractivity contribution in [2.24, 2.45) is 0 Å². The zero-order chi connectivity index (χ0) is 18.1. The zero-order valence-electron chi connectivity index (χ0n) is 14.8. The molecule has 8 nitrogen and oxygen atoms in total. The average Bonchev–Trinajstić information content (AvgIpc) is 3.29. The summed E-state index contributed by atoms with van der Waals surface area (Å²) < 4.78 is 0. The van der Waals surface area contributed by atoms with Gasteiger partial charge in [-0.2, -0.15) is 10.2 Å². The number of fused-ring (bicyclic) bond motifs is 1. The van der Waals surface area contributed by atoms with Crippen molar-refractivity contribution in [1.82, 2.24) is 30.7 Å². The summed E-state index contributed by atoms with van der Waals surface area (Å²) >= 11 is 0. The minimum Gasteiger partial charge on any atom is -0.320 e. The van der Waals surface area contributed by atoms with Crippen molar-refractivity contribution in [3.05, 3.63) is 47.0 Å². The summed E-state index contributed by atoms with van der Waals surface area (Å²) in [5.41, 5.74) is 3.82. The Morgan fingerprint density at radius 3 is 2.85 bits per heavy atom. The molecular weight excluding hydrogens is 330 g/mol. The van der Waals surface area contributed by atoms with E-state index in [0.717, 1.165) is 35.6 Å². The fraction of sp³-hybridized carbons (Fsp3) is 0.333. The highest BCUT2D eigenvalue weighted by Crippen LogP contribution is 2.27. The van der Waals surface area contributed by atoms with Crippen molar-refractivity contribution in [3.63, 3.8) is 0 Å². The van der Waals surface area contributed by atoms with Crippen LogP contribution in [0.5, 0.6) is 0 Å². The van der Waals surface area contributed by atoms with E-state index in [1.54, 1.807) is 0 Å². The molecule has 0 radical (unpaired) electrons. The van der Waals surface area contributed by atoms with Gasteiger partial charge in [0.2, 0.25) is 0 Å². The first-order chi connectivity index (χ1) is 12.6. The molecule has 134 valence electrons. The number of hydrogen-bond donors (Lipinski definition) is 4. The molecule has 1 aliphatic rings. The molecule has 1 aromatic carbocycles. The number of anilines is 1. The molecule has 0 saturated carbocycles. The number of aromatic amines is 2. The van der Waals surface area contributed by atoms with E-state index in [-0.39, 0.29) is 11.8 Å². The van der Waals surface area contributed by atoms with Gasteiger partial charge in [-0.05, 0) is 12.1 Å². The van der Waals surface area contributed by atoms with Crippen molar-refractivity contribution in [2.45, 2.75) is 32.7 Å². The van der Waals surface area contributed by atoms with E-state index in [4.69, 9.17) is 0 Å². The maximum absolute atomic E-state index is 12.8. The Labute approximate surface area is 150 Å². The fourth-order valence-electron chi connectivity index (χ4n) is 3.03. The molecule has 3 aromatic rings. The summed E-state index contributed by atoms with van der Waals surface area (Å²) in [7, 11) is 0. The molecule has 0 spiro atoms. The van der Waals surface area contributed by atoms with Gasteiger partial charge in [-0.15, -0.1) is 0 Å². The molecule has 3 heterocycles. The second-order valence-corrected chi connectivity index (χ2v) is 6.65. The van der Waals surface area contributed by atoms with Gasteiger partial charge in [0.15, 0.2) is 11.5 Å². The molecule has 0 atom stereocenters. The Morgan fingerprint density at radius 2 is 2.04 bits per heavy atom. The smallest absolute Gasteiger partial charge is 0.276 e. The molecule has 1 amide bonds. The van der Waals surface area contributed by atoms with Crippen LogP contribution in [0.15, 0.2) is 24.3 Å². The Hall–Kier alpha value is -3.00. The van der Waals surface area contributed by atoms with Crippen molar-refractivity contribution in [1.29, 1.82) is 0 Å². The van der Waals surface area contributed by atoms with Crippen LogP contribution in [0.25, 0.3) is 11.4 Å². The maximum Gasteiger partial charge on any atom is 0.276 e. The minimum absolute atomic E-state index is 0.238. The lowest BCUT2D eigenvalue weighted by Gasteiger charge is -2.13. The molecule has 0 fully saturated rings. The van der Waals surface area contributed by atoms with Crippen LogP contribution in [-0.4, -0.2) is 37.8 Å². The Balaban J connectivity index is 1.62. The number of benzene rings is 1. The lowest BCUT2D eigenvalue weighted by molar-refractivity contribution is 0.102.